The van der Waals surface area contributed by atoms with Gasteiger partial charge in [-0.15, -0.1) is 0 Å². The summed E-state index contributed by atoms with van der Waals surface area (Å²) in [6.07, 6.45) is 0.180. The average molecular weight is 346 g/mol. The van der Waals surface area contributed by atoms with Gasteiger partial charge in [0.2, 0.25) is 0 Å². The quantitative estimate of drug-likeness (QED) is 0.306. The van der Waals surface area contributed by atoms with Crippen LogP contribution in [0.15, 0.2) is 78.9 Å². The van der Waals surface area contributed by atoms with Crippen molar-refractivity contribution in [1.29, 1.82) is 0 Å². The molecular formula is C21H18N2O3. The molecule has 0 saturated carbocycles. The summed E-state index contributed by atoms with van der Waals surface area (Å²) in [7, 11) is 0. The molecule has 0 amide bonds. The Morgan fingerprint density at radius 2 is 1.46 bits per heavy atom. The lowest BCUT2D eigenvalue weighted by Crippen LogP contribution is -2.11. The summed E-state index contributed by atoms with van der Waals surface area (Å²) in [6, 6.07) is 23.4. The smallest absolute Gasteiger partial charge is 0.270 e. The van der Waals surface area contributed by atoms with Crippen molar-refractivity contribution in [3.05, 3.63) is 106 Å². The number of Topliss-reactive ketones (excluding diaryl/α,β-unsaturated/α-hetero) is 1. The molecule has 0 heterocycles. The third-order valence-electron chi connectivity index (χ3n) is 4.34. The second-order valence-electron chi connectivity index (χ2n) is 6.03. The van der Waals surface area contributed by atoms with E-state index < -0.39 is 4.92 Å². The number of anilines is 1. The zero-order chi connectivity index (χ0) is 18.5. The number of benzene rings is 3. The molecule has 0 radical (unpaired) electrons. The summed E-state index contributed by atoms with van der Waals surface area (Å²) < 4.78 is 0. The molecule has 0 bridgehead atoms. The molecule has 0 saturated heterocycles. The van der Waals surface area contributed by atoms with Crippen LogP contribution in [0.5, 0.6) is 0 Å². The largest absolute Gasteiger partial charge is 0.398 e. The summed E-state index contributed by atoms with van der Waals surface area (Å²) in [5, 5.41) is 11.0. The highest BCUT2D eigenvalue weighted by molar-refractivity contribution is 6.02. The van der Waals surface area contributed by atoms with Gasteiger partial charge in [0, 0.05) is 35.7 Å². The molecule has 0 unspecified atom stereocenters. The molecule has 5 nitrogen and oxygen atoms in total. The van der Waals surface area contributed by atoms with Crippen LogP contribution >= 0.6 is 0 Å². The van der Waals surface area contributed by atoms with Gasteiger partial charge in [-0.25, -0.2) is 0 Å². The topological polar surface area (TPSA) is 86.2 Å². The highest BCUT2D eigenvalue weighted by Crippen LogP contribution is 2.31. The van der Waals surface area contributed by atoms with Crippen LogP contribution in [-0.4, -0.2) is 10.7 Å². The Kier molecular flexibility index (Phi) is 5.08. The van der Waals surface area contributed by atoms with E-state index in [1.54, 1.807) is 0 Å². The Bertz CT molecular complexity index is 885. The Balaban J connectivity index is 1.96. The molecule has 2 N–H and O–H groups in total. The second-order valence-corrected chi connectivity index (χ2v) is 6.03. The van der Waals surface area contributed by atoms with Crippen LogP contribution in [0.2, 0.25) is 0 Å². The molecule has 5 heteroatoms. The summed E-state index contributed by atoms with van der Waals surface area (Å²) in [4.78, 5) is 23.4. The number of non-ortho nitro benzene ring substituents is 1. The van der Waals surface area contributed by atoms with Gasteiger partial charge < -0.3 is 5.73 Å². The molecule has 26 heavy (non-hydrogen) atoms. The van der Waals surface area contributed by atoms with E-state index in [0.29, 0.717) is 0 Å². The van der Waals surface area contributed by atoms with Gasteiger partial charge >= 0.3 is 0 Å². The molecule has 0 aliphatic rings. The van der Waals surface area contributed by atoms with Gasteiger partial charge in [0.05, 0.1) is 4.92 Å². The van der Waals surface area contributed by atoms with Crippen LogP contribution in [0.1, 0.15) is 33.8 Å². The SMILES string of the molecule is Nc1ccc([N+](=O)[O-])cc1C(=O)CC(c1ccccc1)c1ccccc1. The number of hydrogen-bond donors (Lipinski definition) is 1. The molecule has 0 aromatic heterocycles. The molecule has 3 rings (SSSR count). The summed E-state index contributed by atoms with van der Waals surface area (Å²) in [5.41, 5.74) is 8.22. The van der Waals surface area contributed by atoms with Crippen LogP contribution in [0.4, 0.5) is 11.4 Å². The van der Waals surface area contributed by atoms with Gasteiger partial charge in [0.1, 0.15) is 0 Å². The van der Waals surface area contributed by atoms with Crippen molar-refractivity contribution in [2.45, 2.75) is 12.3 Å². The minimum absolute atomic E-state index is 0.140. The number of nitro groups is 1. The van der Waals surface area contributed by atoms with Gasteiger partial charge in [-0.1, -0.05) is 60.7 Å². The molecule has 130 valence electrons. The van der Waals surface area contributed by atoms with Gasteiger partial charge in [0.15, 0.2) is 5.78 Å². The van der Waals surface area contributed by atoms with Crippen LogP contribution in [0, 0.1) is 10.1 Å². The van der Waals surface area contributed by atoms with Gasteiger partial charge in [0.25, 0.3) is 5.69 Å². The van der Waals surface area contributed by atoms with Crippen LogP contribution in [0.25, 0.3) is 0 Å². The average Bonchev–Trinajstić information content (AvgIpc) is 2.67. The normalized spacial score (nSPS) is 10.7. The van der Waals surface area contributed by atoms with Crippen LogP contribution < -0.4 is 5.73 Å². The maximum absolute atomic E-state index is 12.9. The Morgan fingerprint density at radius 3 is 1.96 bits per heavy atom. The Labute approximate surface area is 151 Å². The van der Waals surface area contributed by atoms with Crippen LogP contribution in [0.3, 0.4) is 0 Å². The van der Waals surface area contributed by atoms with E-state index in [-0.39, 0.29) is 35.1 Å². The number of nitro benzene ring substituents is 1. The van der Waals surface area contributed by atoms with Gasteiger partial charge in [-0.3, -0.25) is 14.9 Å². The lowest BCUT2D eigenvalue weighted by Gasteiger charge is -2.18. The van der Waals surface area contributed by atoms with Crippen molar-refractivity contribution in [3.63, 3.8) is 0 Å². The highest BCUT2D eigenvalue weighted by atomic mass is 16.6. The van der Waals surface area contributed by atoms with E-state index in [4.69, 9.17) is 5.73 Å². The number of carbonyl (C=O) groups excluding carboxylic acids is 1. The summed E-state index contributed by atoms with van der Waals surface area (Å²) in [6.45, 7) is 0. The monoisotopic (exact) mass is 346 g/mol. The number of hydrogen-bond acceptors (Lipinski definition) is 4. The molecule has 3 aromatic carbocycles. The van der Waals surface area contributed by atoms with E-state index in [2.05, 4.69) is 0 Å². The Morgan fingerprint density at radius 1 is 0.923 bits per heavy atom. The number of nitrogens with zero attached hydrogens (tertiary/aromatic N) is 1. The first-order chi connectivity index (χ1) is 12.6. The van der Waals surface area contributed by atoms with E-state index >= 15 is 0 Å². The first kappa shape index (κ1) is 17.4. The lowest BCUT2D eigenvalue weighted by molar-refractivity contribution is -0.384. The zero-order valence-electron chi connectivity index (χ0n) is 14.0. The molecule has 3 aromatic rings. The predicted molar refractivity (Wildman–Crippen MR) is 101 cm³/mol. The fraction of sp³-hybridized carbons (Fsp3) is 0.0952. The third kappa shape index (κ3) is 3.78. The lowest BCUT2D eigenvalue weighted by atomic mass is 9.85. The van der Waals surface area contributed by atoms with Crippen molar-refractivity contribution in [2.75, 3.05) is 5.73 Å². The maximum atomic E-state index is 12.9. The number of nitrogen functional groups attached to an aromatic ring is 1. The number of rotatable bonds is 6. The molecule has 0 atom stereocenters. The maximum Gasteiger partial charge on any atom is 0.270 e. The van der Waals surface area contributed by atoms with Crippen molar-refractivity contribution in [3.8, 4) is 0 Å². The molecule has 0 spiro atoms. The molecule has 0 aliphatic carbocycles. The predicted octanol–water partition coefficient (Wildman–Crippen LogP) is 4.58. The van der Waals surface area contributed by atoms with E-state index in [9.17, 15) is 14.9 Å². The number of carbonyl (C=O) groups is 1. The first-order valence-corrected chi connectivity index (χ1v) is 8.23. The standard InChI is InChI=1S/C21H18N2O3/c22-20-12-11-17(23(25)26)13-19(20)21(24)14-18(15-7-3-1-4-8-15)16-9-5-2-6-10-16/h1-13,18H,14,22H2. The number of nitrogens with two attached hydrogens (primary N) is 1. The van der Waals surface area contributed by atoms with Crippen LogP contribution in [-0.2, 0) is 0 Å². The minimum Gasteiger partial charge on any atom is -0.398 e. The minimum atomic E-state index is -0.526. The van der Waals surface area contributed by atoms with E-state index in [1.807, 2.05) is 60.7 Å². The fourth-order valence-corrected chi connectivity index (χ4v) is 2.99. The van der Waals surface area contributed by atoms with E-state index in [0.717, 1.165) is 11.1 Å². The second kappa shape index (κ2) is 7.61. The molecule has 0 aliphatic heterocycles. The van der Waals surface area contributed by atoms with Gasteiger partial charge in [-0.05, 0) is 17.2 Å². The number of ketones is 1. The molecular weight excluding hydrogens is 328 g/mol. The highest BCUT2D eigenvalue weighted by Gasteiger charge is 2.22. The van der Waals surface area contributed by atoms with Crippen molar-refractivity contribution in [2.24, 2.45) is 0 Å². The van der Waals surface area contributed by atoms with Crippen molar-refractivity contribution >= 4 is 17.2 Å². The Hall–Kier alpha value is -3.47. The summed E-state index contributed by atoms with van der Waals surface area (Å²) in [5.74, 6) is -0.368. The van der Waals surface area contributed by atoms with Gasteiger partial charge in [-0.2, -0.15) is 0 Å². The first-order valence-electron chi connectivity index (χ1n) is 8.23. The van der Waals surface area contributed by atoms with Crippen molar-refractivity contribution in [1.82, 2.24) is 0 Å². The fourth-order valence-electron chi connectivity index (χ4n) is 2.99. The third-order valence-corrected chi connectivity index (χ3v) is 4.34. The van der Waals surface area contributed by atoms with Crippen molar-refractivity contribution < 1.29 is 9.72 Å². The molecule has 0 fully saturated rings. The van der Waals surface area contributed by atoms with E-state index in [1.165, 1.54) is 18.2 Å². The summed E-state index contributed by atoms with van der Waals surface area (Å²) >= 11 is 0. The zero-order valence-corrected chi connectivity index (χ0v) is 14.0.